The van der Waals surface area contributed by atoms with Crippen LogP contribution in [0.1, 0.15) is 83.1 Å². The Bertz CT molecular complexity index is 2460. The Morgan fingerprint density at radius 1 is 0.736 bits per heavy atom. The number of aliphatic hydroxyl groups excluding tert-OH is 1. The number of hydrogen-bond acceptors (Lipinski definition) is 3. The second-order valence-corrected chi connectivity index (χ2v) is 17.9. The van der Waals surface area contributed by atoms with Gasteiger partial charge >= 0.3 is 0 Å². The number of rotatable bonds is 5. The monoisotopic (exact) mass is 699 g/mol. The SMILES string of the molecule is CC1(C)C2=C3C(c4ccc(CCCCO)cc4)=C4C5=[N+](CC(C)(C)C4OC3CCN2c2ccc3ccccc3c21)c1ccc2ccccc2c1C5(C)C. The van der Waals surface area contributed by atoms with Gasteiger partial charge in [0.2, 0.25) is 5.69 Å². The molecular formula is C49H51N2O2+. The Kier molecular flexibility index (Phi) is 7.18. The molecule has 268 valence electrons. The molecule has 4 heteroatoms. The van der Waals surface area contributed by atoms with Crippen molar-refractivity contribution in [3.8, 4) is 0 Å². The van der Waals surface area contributed by atoms with E-state index in [4.69, 9.17) is 4.74 Å². The lowest BCUT2D eigenvalue weighted by Gasteiger charge is -2.49. The summed E-state index contributed by atoms with van der Waals surface area (Å²) in [7, 11) is 0. The summed E-state index contributed by atoms with van der Waals surface area (Å²) in [6, 6.07) is 36.7. The molecule has 2 unspecified atom stereocenters. The quantitative estimate of drug-likeness (QED) is 0.147. The number of hydrogen-bond donors (Lipinski definition) is 1. The highest BCUT2D eigenvalue weighted by atomic mass is 16.5. The van der Waals surface area contributed by atoms with Crippen LogP contribution in [-0.4, -0.2) is 47.3 Å². The molecular weight excluding hydrogens is 649 g/mol. The smallest absolute Gasteiger partial charge is 0.210 e. The van der Waals surface area contributed by atoms with Crippen LogP contribution in [0, 0.1) is 5.41 Å². The lowest BCUT2D eigenvalue weighted by atomic mass is 9.65. The minimum atomic E-state index is -0.240. The summed E-state index contributed by atoms with van der Waals surface area (Å²) in [4.78, 5) is 2.65. The van der Waals surface area contributed by atoms with Crippen molar-refractivity contribution in [2.45, 2.75) is 90.3 Å². The summed E-state index contributed by atoms with van der Waals surface area (Å²) in [5, 5.41) is 14.8. The van der Waals surface area contributed by atoms with Gasteiger partial charge in [0.05, 0.1) is 22.5 Å². The van der Waals surface area contributed by atoms with Crippen LogP contribution in [0.25, 0.3) is 27.1 Å². The first-order chi connectivity index (χ1) is 25.5. The third kappa shape index (κ3) is 4.58. The lowest BCUT2D eigenvalue weighted by Crippen LogP contribution is -2.55. The Labute approximate surface area is 314 Å². The van der Waals surface area contributed by atoms with E-state index in [9.17, 15) is 5.11 Å². The topological polar surface area (TPSA) is 35.7 Å². The van der Waals surface area contributed by atoms with Crippen molar-refractivity contribution in [1.82, 2.24) is 0 Å². The standard InChI is InChI=1S/C49H51N2O2/c1-47(2)29-51-37-25-23-32-15-8-10-17-35(32)43(37)49(5,6)45(51)41-39(33-20-18-30(19-21-33)13-11-12-28-52)40-38(53-46(41)47)26-27-50-36-24-22-31-14-7-9-16-34(31)42(36)48(3,4)44(40)50/h7-10,14-25,38,46,52H,11-13,26-29H2,1-6H3/q+1. The zero-order valence-corrected chi connectivity index (χ0v) is 32.1. The van der Waals surface area contributed by atoms with Gasteiger partial charge in [0.1, 0.15) is 6.10 Å². The molecule has 2 atom stereocenters. The Hall–Kier alpha value is -4.51. The van der Waals surface area contributed by atoms with Gasteiger partial charge in [-0.2, -0.15) is 4.58 Å². The average molecular weight is 700 g/mol. The van der Waals surface area contributed by atoms with Crippen molar-refractivity contribution >= 4 is 44.2 Å². The van der Waals surface area contributed by atoms with Crippen molar-refractivity contribution < 1.29 is 14.4 Å². The van der Waals surface area contributed by atoms with Crippen LogP contribution in [-0.2, 0) is 22.0 Å². The molecule has 0 saturated heterocycles. The largest absolute Gasteiger partial charge is 0.396 e. The number of nitrogens with zero attached hydrogens (tertiary/aromatic N) is 2. The molecule has 5 aliphatic rings. The highest BCUT2D eigenvalue weighted by Crippen LogP contribution is 2.60. The van der Waals surface area contributed by atoms with Crippen LogP contribution in [0.3, 0.4) is 0 Å². The van der Waals surface area contributed by atoms with Crippen molar-refractivity contribution in [2.75, 3.05) is 24.6 Å². The van der Waals surface area contributed by atoms with Crippen LogP contribution in [0.4, 0.5) is 11.4 Å². The fourth-order valence-corrected chi connectivity index (χ4v) is 11.2. The molecule has 0 aliphatic carbocycles. The van der Waals surface area contributed by atoms with E-state index in [0.717, 1.165) is 38.8 Å². The summed E-state index contributed by atoms with van der Waals surface area (Å²) < 4.78 is 10.3. The normalized spacial score (nSPS) is 23.2. The maximum Gasteiger partial charge on any atom is 0.210 e. The zero-order valence-electron chi connectivity index (χ0n) is 32.1. The molecule has 5 aromatic rings. The number of anilines is 1. The summed E-state index contributed by atoms with van der Waals surface area (Å²) in [6.45, 7) is 16.8. The van der Waals surface area contributed by atoms with Crippen molar-refractivity contribution in [3.05, 3.63) is 136 Å². The summed E-state index contributed by atoms with van der Waals surface area (Å²) in [5.74, 6) is 0. The van der Waals surface area contributed by atoms with Crippen molar-refractivity contribution in [1.29, 1.82) is 0 Å². The van der Waals surface area contributed by atoms with Crippen LogP contribution >= 0.6 is 0 Å². The molecule has 0 spiro atoms. The minimum Gasteiger partial charge on any atom is -0.396 e. The van der Waals surface area contributed by atoms with E-state index in [1.807, 2.05) is 0 Å². The van der Waals surface area contributed by atoms with E-state index >= 15 is 0 Å². The van der Waals surface area contributed by atoms with Crippen molar-refractivity contribution in [2.24, 2.45) is 5.41 Å². The second-order valence-electron chi connectivity index (χ2n) is 17.9. The zero-order chi connectivity index (χ0) is 36.4. The van der Waals surface area contributed by atoms with Crippen LogP contribution < -0.4 is 4.90 Å². The van der Waals surface area contributed by atoms with E-state index in [0.29, 0.717) is 0 Å². The predicted octanol–water partition coefficient (Wildman–Crippen LogP) is 10.4. The van der Waals surface area contributed by atoms with E-state index in [1.165, 1.54) is 83.3 Å². The number of aryl methyl sites for hydroxylation is 1. The molecule has 5 heterocycles. The molecule has 0 aromatic heterocycles. The third-order valence-corrected chi connectivity index (χ3v) is 13.3. The molecule has 1 N–H and O–H groups in total. The van der Waals surface area contributed by atoms with E-state index in [1.54, 1.807) is 0 Å². The first-order valence-corrected chi connectivity index (χ1v) is 19.8. The van der Waals surface area contributed by atoms with Gasteiger partial charge in [0, 0.05) is 52.7 Å². The maximum atomic E-state index is 9.47. The van der Waals surface area contributed by atoms with Gasteiger partial charge in [0.15, 0.2) is 12.3 Å². The summed E-state index contributed by atoms with van der Waals surface area (Å²) in [5.41, 5.74) is 14.5. The maximum absolute atomic E-state index is 9.47. The van der Waals surface area contributed by atoms with E-state index in [-0.39, 0.29) is 35.1 Å². The number of allylic oxidation sites excluding steroid dienone is 1. The Morgan fingerprint density at radius 3 is 2.13 bits per heavy atom. The second kappa shape index (κ2) is 11.5. The number of ether oxygens (including phenoxy) is 1. The predicted molar refractivity (Wildman–Crippen MR) is 219 cm³/mol. The van der Waals surface area contributed by atoms with E-state index in [2.05, 4.69) is 148 Å². The Morgan fingerprint density at radius 2 is 1.42 bits per heavy atom. The molecule has 0 saturated carbocycles. The number of aliphatic hydroxyl groups is 1. The van der Waals surface area contributed by atoms with Gasteiger partial charge in [-0.3, -0.25) is 0 Å². The van der Waals surface area contributed by atoms with Gasteiger partial charge in [0.25, 0.3) is 0 Å². The van der Waals surface area contributed by atoms with Gasteiger partial charge < -0.3 is 14.7 Å². The molecule has 5 aromatic carbocycles. The highest BCUT2D eigenvalue weighted by Gasteiger charge is 2.61. The minimum absolute atomic E-state index is 0.00762. The van der Waals surface area contributed by atoms with Gasteiger partial charge in [-0.1, -0.05) is 107 Å². The lowest BCUT2D eigenvalue weighted by molar-refractivity contribution is -0.465. The summed E-state index contributed by atoms with van der Waals surface area (Å²) in [6.07, 6.45) is 3.73. The fourth-order valence-electron chi connectivity index (χ4n) is 11.2. The number of benzene rings is 5. The molecule has 0 amide bonds. The number of unbranched alkanes of at least 4 members (excludes halogenated alkanes) is 1. The molecule has 0 bridgehead atoms. The van der Waals surface area contributed by atoms with Crippen molar-refractivity contribution in [3.63, 3.8) is 0 Å². The van der Waals surface area contributed by atoms with Gasteiger partial charge in [-0.15, -0.1) is 0 Å². The molecule has 0 fully saturated rings. The van der Waals surface area contributed by atoms with Crippen LogP contribution in [0.15, 0.2) is 114 Å². The molecule has 10 rings (SSSR count). The fraction of sp³-hybridized carbons (Fsp3) is 0.367. The van der Waals surface area contributed by atoms with Gasteiger partial charge in [-0.25, -0.2) is 0 Å². The third-order valence-electron chi connectivity index (χ3n) is 13.3. The first-order valence-electron chi connectivity index (χ1n) is 19.8. The highest BCUT2D eigenvalue weighted by molar-refractivity contribution is 6.17. The molecule has 0 radical (unpaired) electrons. The Balaban J connectivity index is 1.29. The molecule has 5 aliphatic heterocycles. The molecule has 4 nitrogen and oxygen atoms in total. The van der Waals surface area contributed by atoms with Crippen LogP contribution in [0.5, 0.6) is 0 Å². The molecule has 53 heavy (non-hydrogen) atoms. The average Bonchev–Trinajstić information content (AvgIpc) is 3.53. The van der Waals surface area contributed by atoms with E-state index < -0.39 is 0 Å². The summed E-state index contributed by atoms with van der Waals surface area (Å²) >= 11 is 0. The first kappa shape index (κ1) is 33.1. The van der Waals surface area contributed by atoms with Crippen LogP contribution in [0.2, 0.25) is 0 Å². The van der Waals surface area contributed by atoms with Gasteiger partial charge in [-0.05, 0) is 89.9 Å². The number of fused-ring (bicyclic) bond motifs is 12.